The van der Waals surface area contributed by atoms with Gasteiger partial charge < -0.3 is 0 Å². The minimum absolute atomic E-state index is 0.617. The van der Waals surface area contributed by atoms with E-state index in [0.29, 0.717) is 5.02 Å². The smallest absolute Gasteiger partial charge is 0.145 e. The number of hydrogen-bond donors (Lipinski definition) is 0. The molecule has 0 radical (unpaired) electrons. The third-order valence-electron chi connectivity index (χ3n) is 8.55. The Kier molecular flexibility index (Phi) is 5.83. The number of hydrogen-bond acceptors (Lipinski definition) is 2. The van der Waals surface area contributed by atoms with Gasteiger partial charge in [0.15, 0.2) is 0 Å². The van der Waals surface area contributed by atoms with Crippen LogP contribution in [0.15, 0.2) is 152 Å². The van der Waals surface area contributed by atoms with Crippen LogP contribution in [0.3, 0.4) is 0 Å². The summed E-state index contributed by atoms with van der Waals surface area (Å²) >= 11 is 7.55. The molecule has 0 aliphatic rings. The molecule has 45 heavy (non-hydrogen) atoms. The van der Waals surface area contributed by atoms with Crippen molar-refractivity contribution in [3.05, 3.63) is 157 Å². The Morgan fingerprint density at radius 1 is 0.400 bits per heavy atom. The number of imidazole rings is 2. The van der Waals surface area contributed by atoms with Crippen LogP contribution in [0.4, 0.5) is 0 Å². The largest absolute Gasteiger partial charge is 0.291 e. The minimum atomic E-state index is 0.617. The Bertz CT molecular complexity index is 2370. The molecule has 212 valence electrons. The lowest BCUT2D eigenvalue weighted by molar-refractivity contribution is 1.07. The maximum atomic E-state index is 7.55. The van der Waals surface area contributed by atoms with Crippen LogP contribution in [0.2, 0.25) is 5.02 Å². The summed E-state index contributed by atoms with van der Waals surface area (Å²) in [5.74, 6) is 1.68. The van der Waals surface area contributed by atoms with E-state index < -0.39 is 0 Å². The summed E-state index contributed by atoms with van der Waals surface area (Å²) in [6, 6.07) is 52.4. The van der Waals surface area contributed by atoms with Crippen molar-refractivity contribution >= 4 is 55.2 Å². The standard InChI is InChI=1S/C40H25ClN4/c41-38-34(44-36-24-30-18-9-7-16-28(30)22-32(36)42-39(44)26-12-3-1-4-13-26)20-11-21-35(38)45-37-25-31-19-10-8-17-29(31)23-33(37)43-40(45)27-14-5-2-6-15-27/h1-25H. The second kappa shape index (κ2) is 10.2. The molecule has 0 saturated heterocycles. The van der Waals surface area contributed by atoms with Crippen LogP contribution < -0.4 is 0 Å². The molecule has 2 heterocycles. The number of rotatable bonds is 4. The molecule has 0 unspecified atom stereocenters. The van der Waals surface area contributed by atoms with Gasteiger partial charge in [-0.1, -0.05) is 127 Å². The summed E-state index contributed by atoms with van der Waals surface area (Å²) in [6.45, 7) is 0. The van der Waals surface area contributed by atoms with E-state index in [1.54, 1.807) is 0 Å². The molecule has 0 bridgehead atoms. The van der Waals surface area contributed by atoms with E-state index in [0.717, 1.165) is 77.8 Å². The van der Waals surface area contributed by atoms with Crippen LogP contribution in [0.25, 0.3) is 77.8 Å². The molecule has 2 aromatic heterocycles. The first kappa shape index (κ1) is 25.8. The Balaban J connectivity index is 1.36. The van der Waals surface area contributed by atoms with Gasteiger partial charge in [-0.25, -0.2) is 9.97 Å². The first-order chi connectivity index (χ1) is 22.2. The molecule has 4 nitrogen and oxygen atoms in total. The second-order valence-corrected chi connectivity index (χ2v) is 11.6. The van der Waals surface area contributed by atoms with Gasteiger partial charge >= 0.3 is 0 Å². The first-order valence-corrected chi connectivity index (χ1v) is 15.3. The van der Waals surface area contributed by atoms with E-state index in [1.807, 2.05) is 36.4 Å². The van der Waals surface area contributed by atoms with Crippen LogP contribution >= 0.6 is 11.6 Å². The Morgan fingerprint density at radius 2 is 0.778 bits per heavy atom. The lowest BCUT2D eigenvalue weighted by Gasteiger charge is -2.17. The Labute approximate surface area is 264 Å². The van der Waals surface area contributed by atoms with Crippen LogP contribution in [-0.4, -0.2) is 19.1 Å². The maximum absolute atomic E-state index is 7.55. The van der Waals surface area contributed by atoms with Gasteiger partial charge in [0.2, 0.25) is 0 Å². The normalized spacial score (nSPS) is 11.7. The van der Waals surface area contributed by atoms with Gasteiger partial charge in [0, 0.05) is 11.1 Å². The van der Waals surface area contributed by atoms with Crippen molar-refractivity contribution < 1.29 is 0 Å². The highest BCUT2D eigenvalue weighted by Gasteiger charge is 2.22. The van der Waals surface area contributed by atoms with Gasteiger partial charge in [-0.05, 0) is 57.9 Å². The van der Waals surface area contributed by atoms with E-state index in [1.165, 1.54) is 0 Å². The second-order valence-electron chi connectivity index (χ2n) is 11.3. The fourth-order valence-electron chi connectivity index (χ4n) is 6.43. The van der Waals surface area contributed by atoms with Crippen LogP contribution in [0.1, 0.15) is 0 Å². The highest BCUT2D eigenvalue weighted by molar-refractivity contribution is 6.34. The zero-order valence-electron chi connectivity index (χ0n) is 24.1. The van der Waals surface area contributed by atoms with Crippen molar-refractivity contribution in [1.29, 1.82) is 0 Å². The van der Waals surface area contributed by atoms with Crippen molar-refractivity contribution in [2.24, 2.45) is 0 Å². The fourth-order valence-corrected chi connectivity index (χ4v) is 6.72. The third-order valence-corrected chi connectivity index (χ3v) is 8.93. The predicted molar refractivity (Wildman–Crippen MR) is 187 cm³/mol. The highest BCUT2D eigenvalue weighted by atomic mass is 35.5. The summed E-state index contributed by atoms with van der Waals surface area (Å²) in [5.41, 5.74) is 7.57. The van der Waals surface area contributed by atoms with E-state index in [9.17, 15) is 0 Å². The lowest BCUT2D eigenvalue weighted by atomic mass is 10.1. The predicted octanol–water partition coefficient (Wildman–Crippen LogP) is 10.7. The molecule has 5 heteroatoms. The van der Waals surface area contributed by atoms with Gasteiger partial charge in [0.25, 0.3) is 0 Å². The van der Waals surface area contributed by atoms with Crippen molar-refractivity contribution in [2.45, 2.75) is 0 Å². The minimum Gasteiger partial charge on any atom is -0.291 e. The maximum Gasteiger partial charge on any atom is 0.145 e. The Hall–Kier alpha value is -5.71. The monoisotopic (exact) mass is 596 g/mol. The average Bonchev–Trinajstić information content (AvgIpc) is 3.65. The average molecular weight is 597 g/mol. The van der Waals surface area contributed by atoms with Gasteiger partial charge in [-0.2, -0.15) is 0 Å². The fraction of sp³-hybridized carbons (Fsp3) is 0. The van der Waals surface area contributed by atoms with Gasteiger partial charge in [-0.15, -0.1) is 0 Å². The molecule has 0 spiro atoms. The summed E-state index contributed by atoms with van der Waals surface area (Å²) in [6.07, 6.45) is 0. The molecule has 7 aromatic carbocycles. The van der Waals surface area contributed by atoms with E-state index in [2.05, 4.69) is 124 Å². The highest BCUT2D eigenvalue weighted by Crippen LogP contribution is 2.39. The molecule has 0 saturated carbocycles. The number of fused-ring (bicyclic) bond motifs is 4. The van der Waals surface area contributed by atoms with Crippen molar-refractivity contribution in [3.8, 4) is 34.2 Å². The summed E-state index contributed by atoms with van der Waals surface area (Å²) < 4.78 is 4.39. The quantitative estimate of drug-likeness (QED) is 0.202. The molecule has 0 atom stereocenters. The molecule has 0 aliphatic carbocycles. The van der Waals surface area contributed by atoms with E-state index in [4.69, 9.17) is 21.6 Å². The zero-order chi connectivity index (χ0) is 29.9. The molecule has 0 N–H and O–H groups in total. The topological polar surface area (TPSA) is 35.6 Å². The Morgan fingerprint density at radius 3 is 1.20 bits per heavy atom. The van der Waals surface area contributed by atoms with Crippen molar-refractivity contribution in [3.63, 3.8) is 0 Å². The molecular weight excluding hydrogens is 572 g/mol. The van der Waals surface area contributed by atoms with Gasteiger partial charge in [-0.3, -0.25) is 9.13 Å². The number of benzene rings is 7. The number of aromatic nitrogens is 4. The van der Waals surface area contributed by atoms with E-state index >= 15 is 0 Å². The molecule has 0 amide bonds. The lowest BCUT2D eigenvalue weighted by Crippen LogP contribution is -2.04. The van der Waals surface area contributed by atoms with Gasteiger partial charge in [0.05, 0.1) is 38.5 Å². The number of halogens is 1. The van der Waals surface area contributed by atoms with Crippen LogP contribution in [-0.2, 0) is 0 Å². The molecule has 0 aliphatic heterocycles. The third kappa shape index (κ3) is 4.15. The van der Waals surface area contributed by atoms with E-state index in [-0.39, 0.29) is 0 Å². The molecule has 9 rings (SSSR count). The summed E-state index contributed by atoms with van der Waals surface area (Å²) in [4.78, 5) is 10.4. The molecule has 0 fully saturated rings. The van der Waals surface area contributed by atoms with Crippen molar-refractivity contribution in [1.82, 2.24) is 19.1 Å². The zero-order valence-corrected chi connectivity index (χ0v) is 24.9. The van der Waals surface area contributed by atoms with Crippen LogP contribution in [0, 0.1) is 0 Å². The van der Waals surface area contributed by atoms with Crippen LogP contribution in [0.5, 0.6) is 0 Å². The summed E-state index contributed by atoms with van der Waals surface area (Å²) in [5, 5.41) is 5.22. The molecule has 9 aromatic rings. The number of nitrogens with zero attached hydrogens (tertiary/aromatic N) is 4. The molecular formula is C40H25ClN4. The van der Waals surface area contributed by atoms with Crippen molar-refractivity contribution in [2.75, 3.05) is 0 Å². The van der Waals surface area contributed by atoms with Gasteiger partial charge in [0.1, 0.15) is 11.6 Å². The SMILES string of the molecule is Clc1c(-n2c(-c3ccccc3)nc3cc4ccccc4cc32)cccc1-n1c(-c2ccccc2)nc2cc3ccccc3cc21. The first-order valence-electron chi connectivity index (χ1n) is 15.0. The summed E-state index contributed by atoms with van der Waals surface area (Å²) in [7, 11) is 0.